The Bertz CT molecular complexity index is 788. The number of hydrogen-bond donors (Lipinski definition) is 0. The fraction of sp³-hybridized carbons (Fsp3) is 0.231. The molecule has 3 heterocycles. The van der Waals surface area contributed by atoms with Gasteiger partial charge in [0.1, 0.15) is 10.6 Å². The van der Waals surface area contributed by atoms with Gasteiger partial charge in [-0.3, -0.25) is 4.40 Å². The van der Waals surface area contributed by atoms with Crippen LogP contribution in [0.1, 0.15) is 22.3 Å². The van der Waals surface area contributed by atoms with Gasteiger partial charge in [0.25, 0.3) is 0 Å². The summed E-state index contributed by atoms with van der Waals surface area (Å²) in [7, 11) is 0. The van der Waals surface area contributed by atoms with Gasteiger partial charge in [-0.25, -0.2) is 9.78 Å². The highest BCUT2D eigenvalue weighted by Gasteiger charge is 2.19. The topological polar surface area (TPSA) is 43.6 Å². The zero-order valence-corrected chi connectivity index (χ0v) is 13.2. The van der Waals surface area contributed by atoms with Gasteiger partial charge in [0.05, 0.1) is 15.8 Å². The van der Waals surface area contributed by atoms with E-state index in [1.165, 1.54) is 22.7 Å². The van der Waals surface area contributed by atoms with Crippen molar-refractivity contribution in [3.05, 3.63) is 33.2 Å². The van der Waals surface area contributed by atoms with E-state index in [0.29, 0.717) is 11.5 Å². The molecule has 0 bridgehead atoms. The molecule has 0 atom stereocenters. The number of rotatable bonds is 3. The molecule has 0 aliphatic rings. The fourth-order valence-corrected chi connectivity index (χ4v) is 3.91. The molecule has 0 saturated heterocycles. The van der Waals surface area contributed by atoms with Gasteiger partial charge in [-0.15, -0.1) is 11.3 Å². The number of carbonyl (C=O) groups is 1. The van der Waals surface area contributed by atoms with Crippen molar-refractivity contribution in [3.8, 4) is 10.6 Å². The second-order valence-corrected chi connectivity index (χ2v) is 6.81. The molecule has 4 nitrogen and oxygen atoms in total. The first kappa shape index (κ1) is 13.6. The summed E-state index contributed by atoms with van der Waals surface area (Å²) in [4.78, 5) is 18.8. The van der Waals surface area contributed by atoms with Crippen LogP contribution >= 0.6 is 34.3 Å². The number of imidazole rings is 1. The first-order chi connectivity index (χ1) is 9.60. The van der Waals surface area contributed by atoms with Gasteiger partial charge in [-0.2, -0.15) is 0 Å². The van der Waals surface area contributed by atoms with Crippen LogP contribution in [-0.4, -0.2) is 22.0 Å². The van der Waals surface area contributed by atoms with Gasteiger partial charge in [0, 0.05) is 11.9 Å². The second kappa shape index (κ2) is 5.20. The van der Waals surface area contributed by atoms with Crippen molar-refractivity contribution in [3.63, 3.8) is 0 Å². The summed E-state index contributed by atoms with van der Waals surface area (Å²) in [6, 6.07) is 3.80. The zero-order valence-electron chi connectivity index (χ0n) is 10.8. The molecule has 0 N–H and O–H groups in total. The summed E-state index contributed by atoms with van der Waals surface area (Å²) in [6.07, 6.45) is 1.92. The lowest BCUT2D eigenvalue weighted by Gasteiger charge is -1.99. The van der Waals surface area contributed by atoms with Crippen molar-refractivity contribution in [2.24, 2.45) is 0 Å². The van der Waals surface area contributed by atoms with Crippen LogP contribution in [0.5, 0.6) is 0 Å². The normalized spacial score (nSPS) is 11.2. The molecule has 0 saturated carbocycles. The summed E-state index contributed by atoms with van der Waals surface area (Å²) >= 11 is 8.77. The summed E-state index contributed by atoms with van der Waals surface area (Å²) in [5.41, 5.74) is 1.72. The highest BCUT2D eigenvalue weighted by Crippen LogP contribution is 2.33. The van der Waals surface area contributed by atoms with Gasteiger partial charge in [0.2, 0.25) is 0 Å². The molecular weight excluding hydrogens is 316 g/mol. The average Bonchev–Trinajstić information content (AvgIpc) is 3.06. The van der Waals surface area contributed by atoms with Crippen LogP contribution in [0.25, 0.3) is 15.5 Å². The Balaban J connectivity index is 2.04. The highest BCUT2D eigenvalue weighted by molar-refractivity contribution is 7.20. The van der Waals surface area contributed by atoms with Crippen LogP contribution in [0.3, 0.4) is 0 Å². The number of thiazole rings is 1. The van der Waals surface area contributed by atoms with Crippen molar-refractivity contribution in [1.29, 1.82) is 0 Å². The molecule has 20 heavy (non-hydrogen) atoms. The Labute approximate surface area is 128 Å². The predicted octanol–water partition coefficient (Wildman–Crippen LogP) is 4.26. The smallest absolute Gasteiger partial charge is 0.350 e. The molecule has 3 aromatic rings. The molecule has 3 rings (SSSR count). The number of thiophene rings is 1. The first-order valence-electron chi connectivity index (χ1n) is 6.01. The van der Waals surface area contributed by atoms with E-state index in [0.717, 1.165) is 25.6 Å². The van der Waals surface area contributed by atoms with E-state index >= 15 is 0 Å². The minimum atomic E-state index is -0.291. The number of esters is 1. The van der Waals surface area contributed by atoms with E-state index in [-0.39, 0.29) is 5.97 Å². The van der Waals surface area contributed by atoms with Crippen molar-refractivity contribution in [2.45, 2.75) is 13.8 Å². The van der Waals surface area contributed by atoms with Gasteiger partial charge in [-0.1, -0.05) is 22.9 Å². The Hall–Kier alpha value is -1.37. The Morgan fingerprint density at radius 1 is 1.45 bits per heavy atom. The molecule has 0 fully saturated rings. The molecule has 0 aliphatic carbocycles. The van der Waals surface area contributed by atoms with Crippen LogP contribution in [0.15, 0.2) is 18.3 Å². The zero-order chi connectivity index (χ0) is 14.3. The largest absolute Gasteiger partial charge is 0.462 e. The molecule has 7 heteroatoms. The second-order valence-electron chi connectivity index (χ2n) is 4.12. The molecule has 0 aliphatic heterocycles. The number of carbonyl (C=O) groups excluding carboxylic acids is 1. The van der Waals surface area contributed by atoms with E-state index in [4.69, 9.17) is 16.3 Å². The maximum atomic E-state index is 11.8. The summed E-state index contributed by atoms with van der Waals surface area (Å²) in [5.74, 6) is -0.291. The van der Waals surface area contributed by atoms with Crippen LogP contribution in [0.4, 0.5) is 0 Å². The van der Waals surface area contributed by atoms with E-state index in [9.17, 15) is 4.79 Å². The number of nitrogens with zero attached hydrogens (tertiary/aromatic N) is 2. The molecule has 0 unspecified atom stereocenters. The Morgan fingerprint density at radius 2 is 2.25 bits per heavy atom. The van der Waals surface area contributed by atoms with E-state index in [1.54, 1.807) is 6.92 Å². The van der Waals surface area contributed by atoms with Crippen molar-refractivity contribution < 1.29 is 9.53 Å². The standard InChI is InChI=1S/C13H11ClN2O2S2/c1-3-18-12(17)11-7(2)16-6-8(15-13(16)20-11)9-4-5-10(14)19-9/h4-6H,3H2,1-2H3. The van der Waals surface area contributed by atoms with Gasteiger partial charge in [0.15, 0.2) is 4.96 Å². The van der Waals surface area contributed by atoms with Crippen LogP contribution < -0.4 is 0 Å². The van der Waals surface area contributed by atoms with Gasteiger partial charge < -0.3 is 4.74 Å². The Kier molecular flexibility index (Phi) is 3.54. The molecular formula is C13H11ClN2O2S2. The van der Waals surface area contributed by atoms with Crippen LogP contribution in [0.2, 0.25) is 4.34 Å². The fourth-order valence-electron chi connectivity index (χ4n) is 1.91. The first-order valence-corrected chi connectivity index (χ1v) is 8.02. The number of hydrogen-bond acceptors (Lipinski definition) is 5. The maximum Gasteiger partial charge on any atom is 0.350 e. The van der Waals surface area contributed by atoms with E-state index in [1.807, 2.05) is 29.7 Å². The SMILES string of the molecule is CCOC(=O)c1sc2nc(-c3ccc(Cl)s3)cn2c1C. The number of fused-ring (bicyclic) bond motifs is 1. The van der Waals surface area contributed by atoms with Crippen LogP contribution in [-0.2, 0) is 4.74 Å². The lowest BCUT2D eigenvalue weighted by atomic mass is 10.3. The number of ether oxygens (including phenoxy) is 1. The van der Waals surface area contributed by atoms with Crippen molar-refractivity contribution >= 4 is 45.2 Å². The minimum Gasteiger partial charge on any atom is -0.462 e. The van der Waals surface area contributed by atoms with Crippen molar-refractivity contribution in [2.75, 3.05) is 6.61 Å². The van der Waals surface area contributed by atoms with Gasteiger partial charge >= 0.3 is 5.97 Å². The number of aromatic nitrogens is 2. The number of halogens is 1. The predicted molar refractivity (Wildman–Crippen MR) is 82.1 cm³/mol. The van der Waals surface area contributed by atoms with Crippen LogP contribution in [0, 0.1) is 6.92 Å². The monoisotopic (exact) mass is 326 g/mol. The molecule has 0 radical (unpaired) electrons. The van der Waals surface area contributed by atoms with Gasteiger partial charge in [-0.05, 0) is 26.0 Å². The quantitative estimate of drug-likeness (QED) is 0.675. The number of aryl methyl sites for hydroxylation is 1. The summed E-state index contributed by atoms with van der Waals surface area (Å²) in [6.45, 7) is 4.06. The molecule has 0 spiro atoms. The third-order valence-electron chi connectivity index (χ3n) is 2.84. The molecule has 0 amide bonds. The Morgan fingerprint density at radius 3 is 2.85 bits per heavy atom. The highest BCUT2D eigenvalue weighted by atomic mass is 35.5. The lowest BCUT2D eigenvalue weighted by Crippen LogP contribution is -2.04. The summed E-state index contributed by atoms with van der Waals surface area (Å²) in [5, 5.41) is 0. The van der Waals surface area contributed by atoms with E-state index < -0.39 is 0 Å². The molecule has 0 aromatic carbocycles. The molecule has 3 aromatic heterocycles. The lowest BCUT2D eigenvalue weighted by molar-refractivity contribution is 0.0531. The third kappa shape index (κ3) is 2.24. The van der Waals surface area contributed by atoms with Crippen molar-refractivity contribution in [1.82, 2.24) is 9.38 Å². The minimum absolute atomic E-state index is 0.291. The van der Waals surface area contributed by atoms with E-state index in [2.05, 4.69) is 4.98 Å². The average molecular weight is 327 g/mol. The molecule has 104 valence electrons. The maximum absolute atomic E-state index is 11.8. The third-order valence-corrected chi connectivity index (χ3v) is 5.23. The summed E-state index contributed by atoms with van der Waals surface area (Å²) < 4.78 is 7.69.